The first-order chi connectivity index (χ1) is 12.9. The molecule has 0 bridgehead atoms. The first-order valence-electron chi connectivity index (χ1n) is 8.43. The molecule has 3 aromatic rings. The molecule has 3 rings (SSSR count). The van der Waals surface area contributed by atoms with Crippen molar-refractivity contribution in [3.63, 3.8) is 0 Å². The number of nitrogens with two attached hydrogens (primary N) is 1. The van der Waals surface area contributed by atoms with Crippen molar-refractivity contribution >= 4 is 35.0 Å². The third-order valence-electron chi connectivity index (χ3n) is 4.00. The van der Waals surface area contributed by atoms with Crippen molar-refractivity contribution in [1.82, 2.24) is 14.9 Å². The van der Waals surface area contributed by atoms with Crippen LogP contribution >= 0.6 is 35.0 Å². The molecule has 0 unspecified atom stereocenters. The van der Waals surface area contributed by atoms with Gasteiger partial charge in [-0.05, 0) is 41.3 Å². The van der Waals surface area contributed by atoms with E-state index in [-0.39, 0.29) is 6.61 Å². The number of hydrogen-bond donors (Lipinski definition) is 1. The van der Waals surface area contributed by atoms with Crippen LogP contribution in [-0.4, -0.2) is 14.9 Å². The van der Waals surface area contributed by atoms with Crippen LogP contribution < -0.4 is 10.6 Å². The van der Waals surface area contributed by atoms with Gasteiger partial charge in [0.2, 0.25) is 5.16 Å². The Morgan fingerprint density at radius 2 is 1.81 bits per heavy atom. The lowest BCUT2D eigenvalue weighted by atomic mass is 10.0. The third-order valence-corrected chi connectivity index (χ3v) is 5.76. The number of aromatic nitrogens is 3. The number of halogens is 2. The van der Waals surface area contributed by atoms with Gasteiger partial charge in [0.05, 0.1) is 10.0 Å². The van der Waals surface area contributed by atoms with E-state index in [9.17, 15) is 0 Å². The van der Waals surface area contributed by atoms with Crippen molar-refractivity contribution in [2.45, 2.75) is 37.3 Å². The van der Waals surface area contributed by atoms with Gasteiger partial charge in [-0.3, -0.25) is 0 Å². The smallest absolute Gasteiger partial charge is 0.210 e. The average Bonchev–Trinajstić information content (AvgIpc) is 3.01. The summed E-state index contributed by atoms with van der Waals surface area (Å²) in [6.45, 7) is 4.56. The predicted octanol–water partition coefficient (Wildman–Crippen LogP) is 5.29. The van der Waals surface area contributed by atoms with E-state index in [0.29, 0.717) is 32.7 Å². The molecular weight excluding hydrogens is 403 g/mol. The molecule has 0 aliphatic heterocycles. The van der Waals surface area contributed by atoms with Crippen molar-refractivity contribution in [2.24, 2.45) is 0 Å². The molecule has 0 atom stereocenters. The van der Waals surface area contributed by atoms with Crippen LogP contribution in [0.1, 0.15) is 36.7 Å². The zero-order valence-electron chi connectivity index (χ0n) is 15.0. The Kier molecular flexibility index (Phi) is 6.52. The Bertz CT molecular complexity index is 913. The summed E-state index contributed by atoms with van der Waals surface area (Å²) in [6.07, 6.45) is 0. The SMILES string of the molecule is CC(C)c1ccc(OCc2nnc(SCc3ccc(Cl)c(Cl)c3)n2N)cc1. The molecule has 5 nitrogen and oxygen atoms in total. The Hall–Kier alpha value is -1.89. The quantitative estimate of drug-likeness (QED) is 0.413. The van der Waals surface area contributed by atoms with Crippen LogP contribution in [0.15, 0.2) is 47.6 Å². The van der Waals surface area contributed by atoms with E-state index in [2.05, 4.69) is 36.2 Å². The monoisotopic (exact) mass is 422 g/mol. The average molecular weight is 423 g/mol. The molecule has 0 aliphatic carbocycles. The highest BCUT2D eigenvalue weighted by Gasteiger charge is 2.12. The Morgan fingerprint density at radius 1 is 1.07 bits per heavy atom. The fourth-order valence-corrected chi connectivity index (χ4v) is 3.52. The van der Waals surface area contributed by atoms with Gasteiger partial charge in [-0.1, -0.05) is 67.0 Å². The van der Waals surface area contributed by atoms with Crippen LogP contribution in [0.3, 0.4) is 0 Å². The number of nitrogens with zero attached hydrogens (tertiary/aromatic N) is 3. The first-order valence-corrected chi connectivity index (χ1v) is 10.2. The van der Waals surface area contributed by atoms with Gasteiger partial charge >= 0.3 is 0 Å². The Balaban J connectivity index is 1.58. The Labute approximate surface area is 172 Å². The van der Waals surface area contributed by atoms with E-state index in [1.807, 2.05) is 24.3 Å². The zero-order valence-corrected chi connectivity index (χ0v) is 17.4. The number of thioether (sulfide) groups is 1. The third kappa shape index (κ3) is 5.09. The molecule has 0 saturated heterocycles. The molecule has 0 aliphatic rings. The second-order valence-corrected chi connectivity index (χ2v) is 8.08. The first kappa shape index (κ1) is 19.9. The fourth-order valence-electron chi connectivity index (χ4n) is 2.38. The fraction of sp³-hybridized carbons (Fsp3) is 0.263. The summed E-state index contributed by atoms with van der Waals surface area (Å²) in [7, 11) is 0. The van der Waals surface area contributed by atoms with Gasteiger partial charge in [-0.15, -0.1) is 10.2 Å². The predicted molar refractivity (Wildman–Crippen MR) is 111 cm³/mol. The standard InChI is InChI=1S/C19H20Cl2N4OS/c1-12(2)14-4-6-15(7-5-14)26-10-18-23-24-19(25(18)22)27-11-13-3-8-16(20)17(21)9-13/h3-9,12H,10-11,22H2,1-2H3. The van der Waals surface area contributed by atoms with Gasteiger partial charge in [0.25, 0.3) is 0 Å². The van der Waals surface area contributed by atoms with Crippen molar-refractivity contribution in [3.05, 3.63) is 69.5 Å². The van der Waals surface area contributed by atoms with E-state index >= 15 is 0 Å². The lowest BCUT2D eigenvalue weighted by molar-refractivity contribution is 0.291. The number of nitrogen functional groups attached to an aromatic ring is 1. The van der Waals surface area contributed by atoms with Crippen LogP contribution in [0.5, 0.6) is 5.75 Å². The van der Waals surface area contributed by atoms with Crippen LogP contribution in [0.2, 0.25) is 10.0 Å². The molecular formula is C19H20Cl2N4OS. The highest BCUT2D eigenvalue weighted by Crippen LogP contribution is 2.27. The van der Waals surface area contributed by atoms with Crippen LogP contribution in [0, 0.1) is 0 Å². The summed E-state index contributed by atoms with van der Waals surface area (Å²) >= 11 is 13.4. The molecule has 1 heterocycles. The van der Waals surface area contributed by atoms with Crippen molar-refractivity contribution in [2.75, 3.05) is 5.84 Å². The van der Waals surface area contributed by atoms with Gasteiger partial charge in [0.15, 0.2) is 5.82 Å². The lowest BCUT2D eigenvalue weighted by Gasteiger charge is -2.09. The van der Waals surface area contributed by atoms with E-state index < -0.39 is 0 Å². The van der Waals surface area contributed by atoms with Crippen LogP contribution in [0.4, 0.5) is 0 Å². The molecule has 0 saturated carbocycles. The zero-order chi connectivity index (χ0) is 19.4. The second-order valence-electron chi connectivity index (χ2n) is 6.32. The minimum atomic E-state index is 0.248. The molecule has 1 aromatic heterocycles. The topological polar surface area (TPSA) is 66.0 Å². The van der Waals surface area contributed by atoms with Crippen LogP contribution in [-0.2, 0) is 12.4 Å². The molecule has 2 aromatic carbocycles. The largest absolute Gasteiger partial charge is 0.486 e. The summed E-state index contributed by atoms with van der Waals surface area (Å²) in [5, 5.41) is 9.92. The van der Waals surface area contributed by atoms with Crippen molar-refractivity contribution in [3.8, 4) is 5.75 Å². The highest BCUT2D eigenvalue weighted by atomic mass is 35.5. The number of hydrogen-bond acceptors (Lipinski definition) is 5. The molecule has 0 fully saturated rings. The second kappa shape index (κ2) is 8.87. The van der Waals surface area contributed by atoms with Crippen LogP contribution in [0.25, 0.3) is 0 Å². The summed E-state index contributed by atoms with van der Waals surface area (Å²) < 4.78 is 7.22. The van der Waals surface area contributed by atoms with E-state index in [0.717, 1.165) is 11.3 Å². The van der Waals surface area contributed by atoms with Gasteiger partial charge in [0.1, 0.15) is 12.4 Å². The minimum absolute atomic E-state index is 0.248. The molecule has 0 amide bonds. The number of rotatable bonds is 7. The van der Waals surface area contributed by atoms with E-state index in [4.69, 9.17) is 33.8 Å². The molecule has 2 N–H and O–H groups in total. The molecule has 8 heteroatoms. The lowest BCUT2D eigenvalue weighted by Crippen LogP contribution is -2.15. The maximum absolute atomic E-state index is 6.09. The number of benzene rings is 2. The van der Waals surface area contributed by atoms with E-state index in [1.165, 1.54) is 22.0 Å². The van der Waals surface area contributed by atoms with Gasteiger partial charge in [0, 0.05) is 5.75 Å². The molecule has 27 heavy (non-hydrogen) atoms. The molecule has 0 radical (unpaired) electrons. The normalized spacial score (nSPS) is 11.1. The number of ether oxygens (including phenoxy) is 1. The summed E-state index contributed by atoms with van der Waals surface area (Å²) in [5.74, 6) is 8.56. The maximum Gasteiger partial charge on any atom is 0.210 e. The van der Waals surface area contributed by atoms with Gasteiger partial charge in [-0.2, -0.15) is 0 Å². The highest BCUT2D eigenvalue weighted by molar-refractivity contribution is 7.98. The summed E-state index contributed by atoms with van der Waals surface area (Å²) in [5.41, 5.74) is 2.30. The summed E-state index contributed by atoms with van der Waals surface area (Å²) in [6, 6.07) is 13.6. The molecule has 142 valence electrons. The van der Waals surface area contributed by atoms with Crippen molar-refractivity contribution < 1.29 is 4.74 Å². The van der Waals surface area contributed by atoms with Crippen molar-refractivity contribution in [1.29, 1.82) is 0 Å². The molecule has 0 spiro atoms. The van der Waals surface area contributed by atoms with E-state index in [1.54, 1.807) is 6.07 Å². The maximum atomic E-state index is 6.09. The van der Waals surface area contributed by atoms with Gasteiger partial charge < -0.3 is 10.6 Å². The Morgan fingerprint density at radius 3 is 2.48 bits per heavy atom. The summed E-state index contributed by atoms with van der Waals surface area (Å²) in [4.78, 5) is 0. The van der Waals surface area contributed by atoms with Gasteiger partial charge in [-0.25, -0.2) is 4.68 Å². The minimum Gasteiger partial charge on any atom is -0.486 e.